The normalized spacial score (nSPS) is 11.5. The molecule has 0 aromatic heterocycles. The molecule has 39 heavy (non-hydrogen) atoms. The summed E-state index contributed by atoms with van der Waals surface area (Å²) in [5, 5.41) is 23.1. The molecule has 1 unspecified atom stereocenters. The minimum atomic E-state index is -1.11. The second kappa shape index (κ2) is 13.5. The van der Waals surface area contributed by atoms with Gasteiger partial charge in [0.05, 0.1) is 5.56 Å². The summed E-state index contributed by atoms with van der Waals surface area (Å²) >= 11 is 6.20. The van der Waals surface area contributed by atoms with Gasteiger partial charge in [0.15, 0.2) is 18.1 Å². The van der Waals surface area contributed by atoms with Crippen LogP contribution in [-0.2, 0) is 11.3 Å². The standard InChI is InChI=1S/C28H32ClN5O5/c1-17(34(2)3)15-38-24-6-4-5-19(26(24)39-16-25(35)36)14-32-23-12-9-20(29)13-22(23)28(37)33-21-10-7-18(8-11-21)27(30)31/h4-13,17,32H,14-16H2,1-3H3,(H3,30,31)(H,33,37)(H,35,36). The predicted octanol–water partition coefficient (Wildman–Crippen LogP) is 4.28. The second-order valence-corrected chi connectivity index (χ2v) is 9.48. The topological polar surface area (TPSA) is 150 Å². The number of nitrogen functional groups attached to an aromatic ring is 1. The van der Waals surface area contributed by atoms with Crippen molar-refractivity contribution in [2.24, 2.45) is 5.73 Å². The van der Waals surface area contributed by atoms with E-state index in [1.54, 1.807) is 60.7 Å². The van der Waals surface area contributed by atoms with Gasteiger partial charge < -0.3 is 35.8 Å². The highest BCUT2D eigenvalue weighted by Crippen LogP contribution is 2.33. The van der Waals surface area contributed by atoms with Crippen LogP contribution in [0.1, 0.15) is 28.4 Å². The molecule has 0 fully saturated rings. The first kappa shape index (κ1) is 29.3. The third kappa shape index (κ3) is 8.36. The fourth-order valence-corrected chi connectivity index (χ4v) is 3.62. The van der Waals surface area contributed by atoms with Crippen LogP contribution in [0.25, 0.3) is 0 Å². The molecule has 0 bridgehead atoms. The largest absolute Gasteiger partial charge is 0.488 e. The van der Waals surface area contributed by atoms with Crippen molar-refractivity contribution in [3.63, 3.8) is 0 Å². The highest BCUT2D eigenvalue weighted by Gasteiger charge is 2.17. The maximum Gasteiger partial charge on any atom is 0.341 e. The van der Waals surface area contributed by atoms with E-state index in [1.165, 1.54) is 0 Å². The summed E-state index contributed by atoms with van der Waals surface area (Å²) in [6.07, 6.45) is 0. The molecule has 11 heteroatoms. The number of hydrogen-bond donors (Lipinski definition) is 5. The number of aliphatic carboxylic acids is 1. The van der Waals surface area contributed by atoms with E-state index in [2.05, 4.69) is 10.6 Å². The van der Waals surface area contributed by atoms with Crippen molar-refractivity contribution >= 4 is 40.7 Å². The average Bonchev–Trinajstić information content (AvgIpc) is 2.90. The van der Waals surface area contributed by atoms with Crippen LogP contribution in [0, 0.1) is 5.41 Å². The Kier molecular flexibility index (Phi) is 10.1. The number of nitrogens with two attached hydrogens (primary N) is 1. The minimum absolute atomic E-state index is 0.0670. The van der Waals surface area contributed by atoms with Crippen molar-refractivity contribution in [2.45, 2.75) is 19.5 Å². The molecular weight excluding hydrogens is 522 g/mol. The second-order valence-electron chi connectivity index (χ2n) is 9.04. The molecule has 0 aliphatic heterocycles. The summed E-state index contributed by atoms with van der Waals surface area (Å²) < 4.78 is 11.6. The number of anilines is 2. The third-order valence-corrected chi connectivity index (χ3v) is 6.15. The van der Waals surface area contributed by atoms with Crippen LogP contribution in [0.15, 0.2) is 60.7 Å². The minimum Gasteiger partial charge on any atom is -0.488 e. The van der Waals surface area contributed by atoms with Crippen molar-refractivity contribution < 1.29 is 24.2 Å². The molecular formula is C28H32ClN5O5. The number of para-hydroxylation sites is 1. The predicted molar refractivity (Wildman–Crippen MR) is 152 cm³/mol. The average molecular weight is 554 g/mol. The van der Waals surface area contributed by atoms with Crippen LogP contribution in [0.4, 0.5) is 11.4 Å². The van der Waals surface area contributed by atoms with E-state index in [-0.39, 0.29) is 18.4 Å². The molecule has 0 aliphatic carbocycles. The monoisotopic (exact) mass is 553 g/mol. The Morgan fingerprint density at radius 2 is 1.82 bits per heavy atom. The SMILES string of the molecule is CC(COc1cccc(CNc2ccc(Cl)cc2C(=O)Nc2ccc(C(=N)N)cc2)c1OCC(=O)O)N(C)C. The van der Waals surface area contributed by atoms with Gasteiger partial charge in [-0.05, 0) is 69.6 Å². The smallest absolute Gasteiger partial charge is 0.341 e. The summed E-state index contributed by atoms with van der Waals surface area (Å²) in [4.78, 5) is 26.4. The van der Waals surface area contributed by atoms with Gasteiger partial charge in [0.25, 0.3) is 5.91 Å². The molecule has 0 heterocycles. The van der Waals surface area contributed by atoms with Crippen LogP contribution in [0.3, 0.4) is 0 Å². The van der Waals surface area contributed by atoms with Crippen LogP contribution < -0.4 is 25.8 Å². The Bertz CT molecular complexity index is 1330. The summed E-state index contributed by atoms with van der Waals surface area (Å²) in [7, 11) is 3.88. The Labute approximate surface area is 232 Å². The van der Waals surface area contributed by atoms with Gasteiger partial charge >= 0.3 is 5.97 Å². The molecule has 3 aromatic rings. The van der Waals surface area contributed by atoms with Gasteiger partial charge in [-0.3, -0.25) is 10.2 Å². The number of rotatable bonds is 13. The lowest BCUT2D eigenvalue weighted by Crippen LogP contribution is -2.30. The van der Waals surface area contributed by atoms with Crippen molar-refractivity contribution in [3.8, 4) is 11.5 Å². The number of amidine groups is 1. The number of nitrogens with zero attached hydrogens (tertiary/aromatic N) is 1. The van der Waals surface area contributed by atoms with Crippen molar-refractivity contribution in [2.75, 3.05) is 37.9 Å². The molecule has 6 N–H and O–H groups in total. The zero-order valence-electron chi connectivity index (χ0n) is 22.0. The van der Waals surface area contributed by atoms with Gasteiger partial charge in [-0.15, -0.1) is 0 Å². The van der Waals surface area contributed by atoms with E-state index in [1.807, 2.05) is 25.9 Å². The van der Waals surface area contributed by atoms with Gasteiger partial charge in [0, 0.05) is 40.1 Å². The van der Waals surface area contributed by atoms with Crippen LogP contribution in [0.2, 0.25) is 5.02 Å². The van der Waals surface area contributed by atoms with Gasteiger partial charge in [0.1, 0.15) is 12.4 Å². The summed E-state index contributed by atoms with van der Waals surface area (Å²) in [5.41, 5.74) is 8.02. The number of likely N-dealkylation sites (N-methyl/N-ethyl adjacent to an activating group) is 1. The van der Waals surface area contributed by atoms with E-state index in [9.17, 15) is 14.7 Å². The highest BCUT2D eigenvalue weighted by atomic mass is 35.5. The van der Waals surface area contributed by atoms with E-state index in [4.69, 9.17) is 32.2 Å². The zero-order chi connectivity index (χ0) is 28.5. The fourth-order valence-electron chi connectivity index (χ4n) is 3.45. The molecule has 0 saturated carbocycles. The Morgan fingerprint density at radius 1 is 1.10 bits per heavy atom. The molecule has 1 atom stereocenters. The molecule has 0 radical (unpaired) electrons. The van der Waals surface area contributed by atoms with E-state index < -0.39 is 18.5 Å². The Morgan fingerprint density at radius 3 is 2.46 bits per heavy atom. The molecule has 3 aromatic carbocycles. The number of hydrogen-bond acceptors (Lipinski definition) is 7. The summed E-state index contributed by atoms with van der Waals surface area (Å²) in [6, 6.07) is 16.9. The fraction of sp³-hybridized carbons (Fsp3) is 0.250. The Balaban J connectivity index is 1.82. The number of nitrogens with one attached hydrogen (secondary N) is 3. The molecule has 0 spiro atoms. The lowest BCUT2D eigenvalue weighted by molar-refractivity contribution is -0.139. The zero-order valence-corrected chi connectivity index (χ0v) is 22.7. The number of carbonyl (C=O) groups excluding carboxylic acids is 1. The number of halogens is 1. The highest BCUT2D eigenvalue weighted by molar-refractivity contribution is 6.31. The van der Waals surface area contributed by atoms with E-state index >= 15 is 0 Å². The molecule has 1 amide bonds. The van der Waals surface area contributed by atoms with E-state index in [0.717, 1.165) is 0 Å². The van der Waals surface area contributed by atoms with Gasteiger partial charge in [-0.1, -0.05) is 23.7 Å². The summed E-state index contributed by atoms with van der Waals surface area (Å²) in [6.45, 7) is 2.06. The lowest BCUT2D eigenvalue weighted by Gasteiger charge is -2.22. The molecule has 0 aliphatic rings. The first-order chi connectivity index (χ1) is 18.5. The molecule has 0 saturated heterocycles. The van der Waals surface area contributed by atoms with Crippen molar-refractivity contribution in [3.05, 3.63) is 82.4 Å². The number of carbonyl (C=O) groups is 2. The van der Waals surface area contributed by atoms with Crippen molar-refractivity contribution in [1.29, 1.82) is 5.41 Å². The van der Waals surface area contributed by atoms with Crippen LogP contribution in [0.5, 0.6) is 11.5 Å². The first-order valence-corrected chi connectivity index (χ1v) is 12.5. The van der Waals surface area contributed by atoms with Crippen LogP contribution in [-0.4, -0.2) is 61.1 Å². The molecule has 10 nitrogen and oxygen atoms in total. The van der Waals surface area contributed by atoms with Gasteiger partial charge in [-0.2, -0.15) is 0 Å². The number of carboxylic acids is 1. The van der Waals surface area contributed by atoms with Gasteiger partial charge in [0.2, 0.25) is 0 Å². The van der Waals surface area contributed by atoms with Crippen molar-refractivity contribution in [1.82, 2.24) is 4.90 Å². The molecule has 3 rings (SSSR count). The maximum atomic E-state index is 13.1. The number of benzene rings is 3. The number of carboxylic acid groups (broad SMARTS) is 1. The lowest BCUT2D eigenvalue weighted by atomic mass is 10.1. The number of amides is 1. The third-order valence-electron chi connectivity index (χ3n) is 5.91. The maximum absolute atomic E-state index is 13.1. The molecule has 206 valence electrons. The Hall–Kier alpha value is -4.28. The first-order valence-electron chi connectivity index (χ1n) is 12.1. The van der Waals surface area contributed by atoms with E-state index in [0.29, 0.717) is 51.2 Å². The van der Waals surface area contributed by atoms with Crippen LogP contribution >= 0.6 is 11.6 Å². The number of ether oxygens (including phenoxy) is 2. The summed E-state index contributed by atoms with van der Waals surface area (Å²) in [5.74, 6) is -0.843. The van der Waals surface area contributed by atoms with Gasteiger partial charge in [-0.25, -0.2) is 4.79 Å². The quantitative estimate of drug-likeness (QED) is 0.155.